The monoisotopic (exact) mass is 218 g/mol. The minimum absolute atomic E-state index is 0.0775. The van der Waals surface area contributed by atoms with Gasteiger partial charge in [-0.3, -0.25) is 0 Å². The molecule has 1 spiro atoms. The molecule has 14 heavy (non-hydrogen) atoms. The molecule has 2 aliphatic rings. The van der Waals surface area contributed by atoms with Crippen LogP contribution in [0.2, 0.25) is 0 Å². The van der Waals surface area contributed by atoms with E-state index < -0.39 is 9.92 Å². The van der Waals surface area contributed by atoms with Crippen molar-refractivity contribution in [2.75, 3.05) is 26.0 Å². The summed E-state index contributed by atoms with van der Waals surface area (Å²) in [6.45, 7) is 1.93. The molecule has 2 rings (SSSR count). The third-order valence-electron chi connectivity index (χ3n) is 3.29. The maximum absolute atomic E-state index is 11.8. The molecular weight excluding hydrogens is 200 g/mol. The summed E-state index contributed by atoms with van der Waals surface area (Å²) < 4.78 is 26.9. The van der Waals surface area contributed by atoms with Gasteiger partial charge in [-0.15, -0.1) is 0 Å². The van der Waals surface area contributed by atoms with Crippen LogP contribution < -0.4 is 0 Å². The molecule has 1 aliphatic heterocycles. The van der Waals surface area contributed by atoms with Gasteiger partial charge in [-0.05, 0) is 12.8 Å². The van der Waals surface area contributed by atoms with Crippen molar-refractivity contribution in [1.82, 2.24) is 4.31 Å². The van der Waals surface area contributed by atoms with Gasteiger partial charge in [-0.25, -0.2) is 13.3 Å². The fraction of sp³-hybridized carbons (Fsp3) is 1.00. The van der Waals surface area contributed by atoms with Gasteiger partial charge in [-0.1, -0.05) is 12.8 Å². The zero-order valence-corrected chi connectivity index (χ0v) is 9.44. The molecular formula is C9H18N2O2S. The summed E-state index contributed by atoms with van der Waals surface area (Å²) >= 11 is 0. The zero-order valence-electron chi connectivity index (χ0n) is 8.62. The Kier molecular flexibility index (Phi) is 2.57. The molecule has 82 valence electrons. The summed E-state index contributed by atoms with van der Waals surface area (Å²) in [7, 11) is -2.56. The first-order valence-electron chi connectivity index (χ1n) is 5.14. The Morgan fingerprint density at radius 1 is 1.43 bits per heavy atom. The highest BCUT2D eigenvalue weighted by Crippen LogP contribution is 2.38. The number of nitrogens with zero attached hydrogens (tertiary/aromatic N) is 1. The SMILES string of the molecule is CS(=N)(=O)N1CCOCC12CCCC2. The van der Waals surface area contributed by atoms with Crippen LogP contribution in [0.5, 0.6) is 0 Å². The van der Waals surface area contributed by atoms with Crippen molar-refractivity contribution in [3.05, 3.63) is 0 Å². The van der Waals surface area contributed by atoms with Gasteiger partial charge in [0.2, 0.25) is 0 Å². The number of morpholine rings is 1. The van der Waals surface area contributed by atoms with Crippen molar-refractivity contribution < 1.29 is 8.95 Å². The summed E-state index contributed by atoms with van der Waals surface area (Å²) in [6.07, 6.45) is 5.95. The molecule has 4 nitrogen and oxygen atoms in total. The van der Waals surface area contributed by atoms with E-state index in [1.54, 1.807) is 0 Å². The third kappa shape index (κ3) is 1.68. The van der Waals surface area contributed by atoms with E-state index in [0.29, 0.717) is 19.8 Å². The number of hydrogen-bond acceptors (Lipinski definition) is 3. The Bertz CT molecular complexity index is 307. The van der Waals surface area contributed by atoms with Crippen LogP contribution in [0.4, 0.5) is 0 Å². The van der Waals surface area contributed by atoms with Crippen LogP contribution >= 0.6 is 0 Å². The summed E-state index contributed by atoms with van der Waals surface area (Å²) in [5, 5.41) is 0. The first-order chi connectivity index (χ1) is 6.55. The van der Waals surface area contributed by atoms with Gasteiger partial charge in [0.1, 0.15) is 9.92 Å². The smallest absolute Gasteiger partial charge is 0.105 e. The molecule has 1 saturated heterocycles. The predicted octanol–water partition coefficient (Wildman–Crippen LogP) is 1.22. The molecule has 5 heteroatoms. The Morgan fingerprint density at radius 2 is 2.07 bits per heavy atom. The highest BCUT2D eigenvalue weighted by molar-refractivity contribution is 7.89. The third-order valence-corrected chi connectivity index (χ3v) is 4.70. The van der Waals surface area contributed by atoms with Gasteiger partial charge in [0, 0.05) is 12.8 Å². The van der Waals surface area contributed by atoms with E-state index in [9.17, 15) is 4.21 Å². The van der Waals surface area contributed by atoms with Crippen LogP contribution in [-0.2, 0) is 14.7 Å². The van der Waals surface area contributed by atoms with Crippen molar-refractivity contribution in [1.29, 1.82) is 4.78 Å². The summed E-state index contributed by atoms with van der Waals surface area (Å²) in [6, 6.07) is 0. The molecule has 1 heterocycles. The van der Waals surface area contributed by atoms with E-state index in [2.05, 4.69) is 0 Å². The summed E-state index contributed by atoms with van der Waals surface area (Å²) in [4.78, 5) is 0. The quantitative estimate of drug-likeness (QED) is 0.719. The molecule has 2 fully saturated rings. The Morgan fingerprint density at radius 3 is 2.64 bits per heavy atom. The van der Waals surface area contributed by atoms with Gasteiger partial charge in [0.05, 0.1) is 18.8 Å². The molecule has 1 aliphatic carbocycles. The van der Waals surface area contributed by atoms with Crippen LogP contribution in [0, 0.1) is 4.78 Å². The normalized spacial score (nSPS) is 31.8. The lowest BCUT2D eigenvalue weighted by Gasteiger charge is -2.44. The minimum atomic E-state index is -2.56. The van der Waals surface area contributed by atoms with Gasteiger partial charge < -0.3 is 4.74 Å². The molecule has 1 atom stereocenters. The number of hydrogen-bond donors (Lipinski definition) is 1. The van der Waals surface area contributed by atoms with E-state index in [0.717, 1.165) is 12.8 Å². The van der Waals surface area contributed by atoms with Crippen molar-refractivity contribution >= 4 is 9.92 Å². The first-order valence-corrected chi connectivity index (χ1v) is 7.06. The van der Waals surface area contributed by atoms with Crippen molar-refractivity contribution in [3.8, 4) is 0 Å². The fourth-order valence-corrected chi connectivity index (χ4v) is 4.09. The zero-order chi connectivity index (χ0) is 10.2. The van der Waals surface area contributed by atoms with Gasteiger partial charge in [0.15, 0.2) is 0 Å². The van der Waals surface area contributed by atoms with E-state index in [-0.39, 0.29) is 5.54 Å². The first kappa shape index (κ1) is 10.4. The van der Waals surface area contributed by atoms with Gasteiger partial charge >= 0.3 is 0 Å². The Hall–Kier alpha value is -0.130. The molecule has 1 saturated carbocycles. The van der Waals surface area contributed by atoms with Crippen molar-refractivity contribution in [3.63, 3.8) is 0 Å². The maximum Gasteiger partial charge on any atom is 0.105 e. The second-order valence-electron chi connectivity index (χ2n) is 4.39. The second-order valence-corrected chi connectivity index (χ2v) is 6.43. The van der Waals surface area contributed by atoms with Gasteiger partial charge in [-0.2, -0.15) is 0 Å². The van der Waals surface area contributed by atoms with Crippen LogP contribution in [0.3, 0.4) is 0 Å². The van der Waals surface area contributed by atoms with E-state index >= 15 is 0 Å². The van der Waals surface area contributed by atoms with E-state index in [1.165, 1.54) is 19.1 Å². The Balaban J connectivity index is 2.27. The topological polar surface area (TPSA) is 53.4 Å². The summed E-state index contributed by atoms with van der Waals surface area (Å²) in [5.74, 6) is 0. The number of nitrogens with one attached hydrogen (secondary N) is 1. The molecule has 0 aromatic rings. The number of ether oxygens (including phenoxy) is 1. The van der Waals surface area contributed by atoms with Crippen LogP contribution in [0.1, 0.15) is 25.7 Å². The molecule has 0 bridgehead atoms. The second kappa shape index (κ2) is 3.47. The van der Waals surface area contributed by atoms with Gasteiger partial charge in [0.25, 0.3) is 0 Å². The molecule has 0 aromatic heterocycles. The fourth-order valence-electron chi connectivity index (χ4n) is 2.69. The Labute approximate surface area is 85.7 Å². The van der Waals surface area contributed by atoms with Crippen molar-refractivity contribution in [2.45, 2.75) is 31.2 Å². The molecule has 0 radical (unpaired) electrons. The minimum Gasteiger partial charge on any atom is -0.378 e. The lowest BCUT2D eigenvalue weighted by molar-refractivity contribution is -0.0209. The standard InChI is InChI=1S/C9H18N2O2S/c1-14(10,12)11-6-7-13-8-9(11)4-2-3-5-9/h10H,2-8H2,1H3. The van der Waals surface area contributed by atoms with E-state index in [1.807, 2.05) is 4.31 Å². The van der Waals surface area contributed by atoms with E-state index in [4.69, 9.17) is 9.52 Å². The molecule has 0 amide bonds. The van der Waals surface area contributed by atoms with Crippen LogP contribution in [0.25, 0.3) is 0 Å². The summed E-state index contributed by atoms with van der Waals surface area (Å²) in [5.41, 5.74) is -0.0775. The van der Waals surface area contributed by atoms with Crippen LogP contribution in [0.15, 0.2) is 0 Å². The lowest BCUT2D eigenvalue weighted by Crippen LogP contribution is -2.56. The molecule has 0 aromatic carbocycles. The predicted molar refractivity (Wildman–Crippen MR) is 55.5 cm³/mol. The average molecular weight is 218 g/mol. The lowest BCUT2D eigenvalue weighted by atomic mass is 9.98. The molecule has 1 N–H and O–H groups in total. The van der Waals surface area contributed by atoms with Crippen molar-refractivity contribution in [2.24, 2.45) is 0 Å². The molecule has 1 unspecified atom stereocenters. The largest absolute Gasteiger partial charge is 0.378 e. The average Bonchev–Trinajstić information content (AvgIpc) is 2.52. The highest BCUT2D eigenvalue weighted by atomic mass is 32.2. The maximum atomic E-state index is 11.8. The highest BCUT2D eigenvalue weighted by Gasteiger charge is 2.44. The van der Waals surface area contributed by atoms with Crippen LogP contribution in [-0.4, -0.2) is 40.1 Å². The number of rotatable bonds is 1.